The maximum absolute atomic E-state index is 6.24. The summed E-state index contributed by atoms with van der Waals surface area (Å²) in [5, 5.41) is 2.55. The SMILES string of the molecule is ClC1CCCC1Cc1sccc1Br. The molecule has 0 aliphatic heterocycles. The quantitative estimate of drug-likeness (QED) is 0.701. The van der Waals surface area contributed by atoms with Gasteiger partial charge in [0, 0.05) is 14.7 Å². The summed E-state index contributed by atoms with van der Waals surface area (Å²) in [5.74, 6) is 0.705. The molecule has 0 amide bonds. The van der Waals surface area contributed by atoms with Crippen molar-refractivity contribution < 1.29 is 0 Å². The Morgan fingerprint density at radius 2 is 2.38 bits per heavy atom. The minimum absolute atomic E-state index is 0.411. The summed E-state index contributed by atoms with van der Waals surface area (Å²) in [6.45, 7) is 0. The van der Waals surface area contributed by atoms with E-state index in [0.29, 0.717) is 11.3 Å². The van der Waals surface area contributed by atoms with Gasteiger partial charge in [-0.25, -0.2) is 0 Å². The van der Waals surface area contributed by atoms with E-state index in [1.54, 1.807) is 0 Å². The summed E-state index contributed by atoms with van der Waals surface area (Å²) in [6, 6.07) is 2.12. The molecule has 0 spiro atoms. The molecule has 0 nitrogen and oxygen atoms in total. The van der Waals surface area contributed by atoms with Crippen molar-refractivity contribution >= 4 is 38.9 Å². The Morgan fingerprint density at radius 1 is 1.54 bits per heavy atom. The second-order valence-electron chi connectivity index (χ2n) is 3.60. The second kappa shape index (κ2) is 4.33. The summed E-state index contributed by atoms with van der Waals surface area (Å²) >= 11 is 11.6. The predicted octanol–water partition coefficient (Wildman–Crippen LogP) is 4.46. The number of hydrogen-bond acceptors (Lipinski definition) is 1. The van der Waals surface area contributed by atoms with Gasteiger partial charge in [0.25, 0.3) is 0 Å². The lowest BCUT2D eigenvalue weighted by molar-refractivity contribution is 0.556. The molecule has 1 aromatic rings. The van der Waals surface area contributed by atoms with Crippen molar-refractivity contribution in [3.05, 3.63) is 20.8 Å². The lowest BCUT2D eigenvalue weighted by Crippen LogP contribution is -2.09. The fraction of sp³-hybridized carbons (Fsp3) is 0.600. The Hall–Kier alpha value is 0.470. The van der Waals surface area contributed by atoms with E-state index in [2.05, 4.69) is 27.4 Å². The standard InChI is InChI=1S/C10H12BrClS/c11-8-4-5-13-10(8)6-7-2-1-3-9(7)12/h4-5,7,9H,1-3,6H2. The Morgan fingerprint density at radius 3 is 2.92 bits per heavy atom. The first-order chi connectivity index (χ1) is 6.27. The molecule has 1 fully saturated rings. The average Bonchev–Trinajstić information content (AvgIpc) is 2.65. The van der Waals surface area contributed by atoms with Crippen LogP contribution in [0.15, 0.2) is 15.9 Å². The zero-order chi connectivity index (χ0) is 9.26. The summed E-state index contributed by atoms with van der Waals surface area (Å²) in [7, 11) is 0. The highest BCUT2D eigenvalue weighted by molar-refractivity contribution is 9.10. The van der Waals surface area contributed by atoms with Crippen molar-refractivity contribution in [2.75, 3.05) is 0 Å². The van der Waals surface area contributed by atoms with Gasteiger partial charge in [-0.3, -0.25) is 0 Å². The van der Waals surface area contributed by atoms with Crippen LogP contribution in [0.3, 0.4) is 0 Å². The van der Waals surface area contributed by atoms with E-state index in [0.717, 1.165) is 6.42 Å². The second-order valence-corrected chi connectivity index (χ2v) is 6.02. The van der Waals surface area contributed by atoms with Crippen molar-refractivity contribution in [2.24, 2.45) is 5.92 Å². The Balaban J connectivity index is 2.01. The molecular weight excluding hydrogens is 268 g/mol. The van der Waals surface area contributed by atoms with Gasteiger partial charge in [-0.2, -0.15) is 0 Å². The molecule has 0 N–H and O–H groups in total. The fourth-order valence-electron chi connectivity index (χ4n) is 1.93. The van der Waals surface area contributed by atoms with Crippen LogP contribution < -0.4 is 0 Å². The number of thiophene rings is 1. The van der Waals surface area contributed by atoms with Crippen LogP contribution in [-0.2, 0) is 6.42 Å². The van der Waals surface area contributed by atoms with E-state index < -0.39 is 0 Å². The van der Waals surface area contributed by atoms with E-state index in [1.807, 2.05) is 11.3 Å². The number of rotatable bonds is 2. The van der Waals surface area contributed by atoms with E-state index in [-0.39, 0.29) is 0 Å². The van der Waals surface area contributed by atoms with Crippen molar-refractivity contribution in [1.29, 1.82) is 0 Å². The maximum atomic E-state index is 6.24. The van der Waals surface area contributed by atoms with Crippen molar-refractivity contribution in [1.82, 2.24) is 0 Å². The van der Waals surface area contributed by atoms with Crippen molar-refractivity contribution in [3.63, 3.8) is 0 Å². The van der Waals surface area contributed by atoms with Gasteiger partial charge in [0.2, 0.25) is 0 Å². The molecule has 1 saturated carbocycles. The van der Waals surface area contributed by atoms with Gasteiger partial charge < -0.3 is 0 Å². The van der Waals surface area contributed by atoms with Gasteiger partial charge in [-0.1, -0.05) is 6.42 Å². The Labute approximate surface area is 96.4 Å². The predicted molar refractivity (Wildman–Crippen MR) is 62.7 cm³/mol. The molecule has 0 bridgehead atoms. The molecule has 1 aliphatic carbocycles. The van der Waals surface area contributed by atoms with E-state index >= 15 is 0 Å². The monoisotopic (exact) mass is 278 g/mol. The van der Waals surface area contributed by atoms with Crippen LogP contribution in [0, 0.1) is 5.92 Å². The van der Waals surface area contributed by atoms with Crippen LogP contribution >= 0.6 is 38.9 Å². The highest BCUT2D eigenvalue weighted by Gasteiger charge is 2.26. The van der Waals surface area contributed by atoms with E-state index in [1.165, 1.54) is 28.6 Å². The first kappa shape index (κ1) is 10.0. The van der Waals surface area contributed by atoms with Crippen LogP contribution in [0.1, 0.15) is 24.1 Å². The fourth-order valence-corrected chi connectivity index (χ4v) is 3.91. The molecule has 3 heteroatoms. The highest BCUT2D eigenvalue weighted by Crippen LogP contribution is 2.35. The van der Waals surface area contributed by atoms with Crippen LogP contribution in [-0.4, -0.2) is 5.38 Å². The van der Waals surface area contributed by atoms with Gasteiger partial charge in [-0.15, -0.1) is 22.9 Å². The first-order valence-electron chi connectivity index (χ1n) is 4.63. The Kier molecular flexibility index (Phi) is 3.33. The molecule has 0 saturated heterocycles. The third kappa shape index (κ3) is 2.28. The molecular formula is C10H12BrClS. The molecule has 1 heterocycles. The molecule has 1 aliphatic rings. The zero-order valence-corrected chi connectivity index (χ0v) is 10.5. The molecule has 1 aromatic heterocycles. The third-order valence-corrected chi connectivity index (χ3v) is 5.23. The minimum atomic E-state index is 0.411. The minimum Gasteiger partial charge on any atom is -0.148 e. The largest absolute Gasteiger partial charge is 0.148 e. The van der Waals surface area contributed by atoms with Crippen LogP contribution in [0.5, 0.6) is 0 Å². The maximum Gasteiger partial charge on any atom is 0.0367 e. The van der Waals surface area contributed by atoms with Crippen LogP contribution in [0.25, 0.3) is 0 Å². The van der Waals surface area contributed by atoms with Crippen molar-refractivity contribution in [3.8, 4) is 0 Å². The molecule has 2 rings (SSSR count). The zero-order valence-electron chi connectivity index (χ0n) is 7.30. The number of halogens is 2. The summed E-state index contributed by atoms with van der Waals surface area (Å²) in [5.41, 5.74) is 0. The average molecular weight is 280 g/mol. The van der Waals surface area contributed by atoms with Crippen LogP contribution in [0.4, 0.5) is 0 Å². The molecule has 2 unspecified atom stereocenters. The lowest BCUT2D eigenvalue weighted by atomic mass is 10.0. The topological polar surface area (TPSA) is 0 Å². The molecule has 13 heavy (non-hydrogen) atoms. The summed E-state index contributed by atoms with van der Waals surface area (Å²) in [4.78, 5) is 1.46. The highest BCUT2D eigenvalue weighted by atomic mass is 79.9. The third-order valence-electron chi connectivity index (χ3n) is 2.70. The first-order valence-corrected chi connectivity index (χ1v) is 6.74. The van der Waals surface area contributed by atoms with E-state index in [9.17, 15) is 0 Å². The summed E-state index contributed by atoms with van der Waals surface area (Å²) in [6.07, 6.45) is 4.97. The van der Waals surface area contributed by atoms with Crippen molar-refractivity contribution in [2.45, 2.75) is 31.1 Å². The molecule has 2 atom stereocenters. The van der Waals surface area contributed by atoms with Gasteiger partial charge in [0.1, 0.15) is 0 Å². The number of hydrogen-bond donors (Lipinski definition) is 0. The normalized spacial score (nSPS) is 28.2. The van der Waals surface area contributed by atoms with Gasteiger partial charge >= 0.3 is 0 Å². The Bertz CT molecular complexity index is 284. The molecule has 72 valence electrons. The van der Waals surface area contributed by atoms with Gasteiger partial charge in [-0.05, 0) is 52.6 Å². The van der Waals surface area contributed by atoms with Gasteiger partial charge in [0.05, 0.1) is 0 Å². The van der Waals surface area contributed by atoms with Gasteiger partial charge in [0.15, 0.2) is 0 Å². The smallest absolute Gasteiger partial charge is 0.0367 e. The lowest BCUT2D eigenvalue weighted by Gasteiger charge is -2.12. The molecule has 0 radical (unpaired) electrons. The van der Waals surface area contributed by atoms with Crippen LogP contribution in [0.2, 0.25) is 0 Å². The number of alkyl halides is 1. The van der Waals surface area contributed by atoms with E-state index in [4.69, 9.17) is 11.6 Å². The summed E-state index contributed by atoms with van der Waals surface area (Å²) < 4.78 is 1.26. The molecule has 0 aromatic carbocycles.